The number of benzene rings is 1. The first-order chi connectivity index (χ1) is 46.7. The van der Waals surface area contributed by atoms with E-state index in [0.29, 0.717) is 44.9 Å². The highest BCUT2D eigenvalue weighted by Crippen LogP contribution is 2.37. The maximum atomic E-state index is 11.3. The SMILES string of the molecule is CC(=O)N1CCN(C)CC1.CN(C)CCC(=O)OCc1ccccc1.CN(C)CCC=O.CN1C=CC(C(N)=O)C=C1.CN1CC=CC1.CN1CCCC(C(O)O)C1.CN1CCOC(=O)C1.COC(=O)C1CSC(C)(C)N1C.COC(=O)CCCN(C)C.COOCC1CCN(C)CC1. The molecule has 0 bridgehead atoms. The lowest BCUT2D eigenvalue weighted by molar-refractivity contribution is -0.281. The van der Waals surface area contributed by atoms with Gasteiger partial charge in [0.1, 0.15) is 25.5 Å². The van der Waals surface area contributed by atoms with Crippen LogP contribution in [0.15, 0.2) is 67.0 Å². The molecule has 2 amide bonds. The molecule has 4 N–H and O–H groups in total. The smallest absolute Gasteiger partial charge is 0.323 e. The van der Waals surface area contributed by atoms with E-state index in [1.165, 1.54) is 40.2 Å². The fraction of sp³-hybridized carbons (Fsp3) is 0.732. The van der Waals surface area contributed by atoms with E-state index < -0.39 is 6.29 Å². The third-order valence-electron chi connectivity index (χ3n) is 16.1. The van der Waals surface area contributed by atoms with Gasteiger partial charge in [-0.05, 0) is 168 Å². The molecule has 7 aliphatic rings. The number of likely N-dealkylation sites (tertiary alicyclic amines) is 2. The zero-order valence-electron chi connectivity index (χ0n) is 64.0. The fourth-order valence-electron chi connectivity index (χ4n) is 9.28. The van der Waals surface area contributed by atoms with Gasteiger partial charge >= 0.3 is 23.9 Å². The van der Waals surface area contributed by atoms with E-state index in [9.17, 15) is 33.6 Å². The van der Waals surface area contributed by atoms with Crippen LogP contribution >= 0.6 is 11.8 Å². The highest BCUT2D eigenvalue weighted by Gasteiger charge is 2.41. The molecule has 5 saturated heterocycles. The number of methoxy groups -OCH3 is 2. The van der Waals surface area contributed by atoms with Gasteiger partial charge in [0.25, 0.3) is 0 Å². The van der Waals surface area contributed by atoms with E-state index in [1.807, 2.05) is 143 Å². The van der Waals surface area contributed by atoms with Gasteiger partial charge < -0.3 is 78.9 Å². The highest BCUT2D eigenvalue weighted by molar-refractivity contribution is 8.00. The second-order valence-corrected chi connectivity index (χ2v) is 28.0. The molecule has 2 unspecified atom stereocenters. The Morgan fingerprint density at radius 3 is 1.70 bits per heavy atom. The number of aliphatic hydroxyl groups is 2. The molecule has 0 saturated carbocycles. The molecule has 28 heteroatoms. The minimum atomic E-state index is -1.12. The first-order valence-electron chi connectivity index (χ1n) is 34.2. The summed E-state index contributed by atoms with van der Waals surface area (Å²) >= 11 is 1.78. The number of thioether (sulfide) groups is 1. The lowest BCUT2D eigenvalue weighted by atomic mass is 9.98. The minimum Gasteiger partial charge on any atom is -0.469 e. The minimum absolute atomic E-state index is 0.0544. The summed E-state index contributed by atoms with van der Waals surface area (Å²) in [5.74, 6) is 0.759. The van der Waals surface area contributed by atoms with Crippen molar-refractivity contribution in [2.24, 2.45) is 23.5 Å². The van der Waals surface area contributed by atoms with Gasteiger partial charge in [-0.15, -0.1) is 11.8 Å². The summed E-state index contributed by atoms with van der Waals surface area (Å²) in [6, 6.07) is 9.62. The van der Waals surface area contributed by atoms with Crippen molar-refractivity contribution in [3.05, 3.63) is 72.6 Å². The molecule has 7 aliphatic heterocycles. The predicted molar refractivity (Wildman–Crippen MR) is 394 cm³/mol. The zero-order chi connectivity index (χ0) is 75.3. The average Bonchev–Trinajstić information content (AvgIpc) is 1.68. The van der Waals surface area contributed by atoms with Crippen LogP contribution in [0, 0.1) is 17.8 Å². The number of carbonyl (C=O) groups excluding carboxylic acids is 7. The number of nitrogens with two attached hydrogens (primary N) is 1. The van der Waals surface area contributed by atoms with Gasteiger partial charge in [-0.25, -0.2) is 9.78 Å². The van der Waals surface area contributed by atoms with E-state index in [-0.39, 0.29) is 58.4 Å². The van der Waals surface area contributed by atoms with E-state index in [4.69, 9.17) is 30.3 Å². The molecule has 0 spiro atoms. The van der Waals surface area contributed by atoms with E-state index >= 15 is 0 Å². The Balaban J connectivity index is 0. The number of aliphatic hydroxyl groups excluding tert-OH is 1. The van der Waals surface area contributed by atoms with Gasteiger partial charge in [0.05, 0.1) is 51.7 Å². The van der Waals surface area contributed by atoms with Crippen molar-refractivity contribution >= 4 is 53.7 Å². The fourth-order valence-corrected chi connectivity index (χ4v) is 10.5. The molecule has 1 aromatic carbocycles. The number of amides is 2. The number of piperidine rings is 2. The zero-order valence-corrected chi connectivity index (χ0v) is 64.8. The average molecular weight is 1430 g/mol. The number of hydrogen-bond acceptors (Lipinski definition) is 26. The van der Waals surface area contributed by atoms with Crippen LogP contribution in [0.2, 0.25) is 0 Å². The van der Waals surface area contributed by atoms with Gasteiger partial charge in [0, 0.05) is 116 Å². The Bertz CT molecular complexity index is 2350. The molecule has 1 aromatic rings. The van der Waals surface area contributed by atoms with Crippen LogP contribution in [-0.2, 0) is 68.9 Å². The molecule has 27 nitrogen and oxygen atoms in total. The molecule has 8 rings (SSSR count). The molecular weight excluding hydrogens is 1290 g/mol. The van der Waals surface area contributed by atoms with E-state index in [1.54, 1.807) is 37.9 Å². The molecule has 5 fully saturated rings. The summed E-state index contributed by atoms with van der Waals surface area (Å²) in [7, 11) is 30.3. The first kappa shape index (κ1) is 95.6. The van der Waals surface area contributed by atoms with E-state index in [2.05, 4.69) is 86.0 Å². The summed E-state index contributed by atoms with van der Waals surface area (Å²) in [5.41, 5.74) is 6.08. The van der Waals surface area contributed by atoms with Crippen LogP contribution in [0.1, 0.15) is 77.7 Å². The number of nitrogens with zero attached hydrogens (tertiary/aromatic N) is 11. The summed E-state index contributed by atoms with van der Waals surface area (Å²) < 4.78 is 19.0. The molecule has 0 aromatic heterocycles. The van der Waals surface area contributed by atoms with E-state index in [0.717, 1.165) is 122 Å². The molecule has 0 radical (unpaired) electrons. The van der Waals surface area contributed by atoms with Crippen molar-refractivity contribution in [3.63, 3.8) is 0 Å². The standard InChI is InChI=1S/C12H17NO2.C8H15NO2S.C8H17NO2.C7H14N2O.C7H10N2O.2C7H15NO2.C5H9NO2.C5H11NO.C5H9N/c1-13(2)9-8-12(14)15-10-11-6-4-3-5-7-11;1-8(2)9(3)6(5-12-8)7(10)11-4;1-9-5-3-8(4-6-9)7-11-10-2;1-7(10)9-5-3-8(2)4-6-9;1-9-4-2-6(3-5-9)7(8)10;1-8-4-2-3-6(5-8)7(9)10;1-8(2)6-4-5-7(9)10-3;1-6-2-3-8-5(7)4-6;1-6(2)4-3-5-7;1-6-4-2-3-5-6/h3-7H,8-10H2,1-2H3;6H,5H2,1-4H3;8H,3-7H2,1-2H3;3-6H2,1-2H3;2-6H,1H3,(H2,8,10);6-7,9-10H,2-5H2,1H3;4-6H2,1-3H3;2-4H2,1H3;5H,3-4H2,1-2H3;2-3H,4-5H2,1H3. The number of aldehydes is 1. The molecule has 2 atom stereocenters. The third-order valence-corrected chi connectivity index (χ3v) is 17.6. The van der Waals surface area contributed by atoms with Gasteiger partial charge in [0.15, 0.2) is 6.29 Å². The monoisotopic (exact) mass is 1420 g/mol. The van der Waals surface area contributed by atoms with Crippen LogP contribution < -0.4 is 5.73 Å². The molecule has 572 valence electrons. The first-order valence-corrected chi connectivity index (χ1v) is 35.2. The van der Waals surface area contributed by atoms with Crippen molar-refractivity contribution in [3.8, 4) is 0 Å². The number of hydrogen-bond donors (Lipinski definition) is 3. The molecule has 99 heavy (non-hydrogen) atoms. The summed E-state index contributed by atoms with van der Waals surface area (Å²) in [4.78, 5) is 107. The molecular formula is C71H132N12O15S. The lowest BCUT2D eigenvalue weighted by Crippen LogP contribution is -2.46. The number of esters is 4. The molecule has 7 heterocycles. The Morgan fingerprint density at radius 2 is 1.29 bits per heavy atom. The summed E-state index contributed by atoms with van der Waals surface area (Å²) in [6.07, 6.45) is 18.3. The number of cyclic esters (lactones) is 1. The second kappa shape index (κ2) is 58.1. The number of morpholine rings is 1. The van der Waals surface area contributed by atoms with Crippen LogP contribution in [0.4, 0.5) is 0 Å². The van der Waals surface area contributed by atoms with Gasteiger partial charge in [0.2, 0.25) is 11.8 Å². The maximum Gasteiger partial charge on any atom is 0.323 e. The quantitative estimate of drug-likeness (QED) is 0.0360. The number of likely N-dealkylation sites (N-methyl/N-ethyl adjacent to an activating group) is 4. The maximum absolute atomic E-state index is 11.3. The number of piperazine rings is 1. The lowest BCUT2D eigenvalue weighted by Gasteiger charge is -2.31. The van der Waals surface area contributed by atoms with Crippen molar-refractivity contribution in [1.82, 2.24) is 53.9 Å². The summed E-state index contributed by atoms with van der Waals surface area (Å²) in [5, 5.41) is 17.6. The Labute approximate surface area is 599 Å². The van der Waals surface area contributed by atoms with Crippen LogP contribution in [0.3, 0.4) is 0 Å². The molecule has 0 aliphatic carbocycles. The largest absolute Gasteiger partial charge is 0.469 e. The summed E-state index contributed by atoms with van der Waals surface area (Å²) in [6.45, 7) is 21.8. The number of rotatable bonds is 18. The van der Waals surface area contributed by atoms with Crippen LogP contribution in [-0.4, -0.2) is 353 Å². The van der Waals surface area contributed by atoms with Crippen LogP contribution in [0.25, 0.3) is 0 Å². The van der Waals surface area contributed by atoms with Gasteiger partial charge in [-0.2, -0.15) is 0 Å². The van der Waals surface area contributed by atoms with Gasteiger partial charge in [-0.1, -0.05) is 54.6 Å². The third kappa shape index (κ3) is 53.1. The highest BCUT2D eigenvalue weighted by atomic mass is 32.2. The Kier molecular flexibility index (Phi) is 56.1. The van der Waals surface area contributed by atoms with Gasteiger partial charge in [-0.3, -0.25) is 43.5 Å². The number of carbonyl (C=O) groups is 7. The van der Waals surface area contributed by atoms with Crippen molar-refractivity contribution < 1.29 is 72.5 Å². The normalized spacial score (nSPS) is 19.4. The van der Waals surface area contributed by atoms with Crippen molar-refractivity contribution in [2.45, 2.75) is 95.9 Å². The number of ether oxygens (including phenoxy) is 4. The number of primary amides is 1. The van der Waals surface area contributed by atoms with Crippen LogP contribution in [0.5, 0.6) is 0 Å². The Hall–Kier alpha value is -5.44. The second-order valence-electron chi connectivity index (χ2n) is 26.4. The van der Waals surface area contributed by atoms with Crippen molar-refractivity contribution in [2.75, 3.05) is 230 Å². The predicted octanol–water partition coefficient (Wildman–Crippen LogP) is 3.61. The van der Waals surface area contributed by atoms with Crippen molar-refractivity contribution in [1.29, 1.82) is 0 Å². The topological polar surface area (TPSA) is 277 Å². The Morgan fingerprint density at radius 1 is 0.717 bits per heavy atom.